The van der Waals surface area contributed by atoms with Gasteiger partial charge in [-0.2, -0.15) is 0 Å². The fourth-order valence-electron chi connectivity index (χ4n) is 2.83. The molecule has 2 N–H and O–H groups in total. The van der Waals surface area contributed by atoms with Crippen molar-refractivity contribution >= 4 is 0 Å². The van der Waals surface area contributed by atoms with Gasteiger partial charge < -0.3 is 10.4 Å². The topological polar surface area (TPSA) is 32.3 Å². The summed E-state index contributed by atoms with van der Waals surface area (Å²) in [5.74, 6) is 0.434. The SMILES string of the molecule is CCCCCCNCc1c(O)cc(C(C)(C)C)cc1C(C)(C)C. The highest BCUT2D eigenvalue weighted by molar-refractivity contribution is 5.47. The average molecular weight is 320 g/mol. The summed E-state index contributed by atoms with van der Waals surface area (Å²) < 4.78 is 0. The number of phenolic OH excluding ortho intramolecular Hbond substituents is 1. The van der Waals surface area contributed by atoms with Gasteiger partial charge in [0.2, 0.25) is 0 Å². The van der Waals surface area contributed by atoms with Crippen LogP contribution in [0.2, 0.25) is 0 Å². The predicted octanol–water partition coefficient (Wildman–Crippen LogP) is 5.66. The Morgan fingerprint density at radius 1 is 0.913 bits per heavy atom. The molecule has 132 valence electrons. The van der Waals surface area contributed by atoms with Crippen molar-refractivity contribution < 1.29 is 5.11 Å². The number of phenols is 1. The van der Waals surface area contributed by atoms with Gasteiger partial charge in [-0.3, -0.25) is 0 Å². The molecule has 23 heavy (non-hydrogen) atoms. The molecule has 2 heteroatoms. The van der Waals surface area contributed by atoms with Crippen LogP contribution in [0.5, 0.6) is 5.75 Å². The van der Waals surface area contributed by atoms with E-state index in [1.54, 1.807) is 0 Å². The summed E-state index contributed by atoms with van der Waals surface area (Å²) in [6.07, 6.45) is 5.06. The first-order chi connectivity index (χ1) is 10.6. The van der Waals surface area contributed by atoms with E-state index in [9.17, 15) is 5.11 Å². The Balaban J connectivity index is 2.93. The zero-order chi connectivity index (χ0) is 17.7. The van der Waals surface area contributed by atoms with Crippen molar-refractivity contribution in [2.75, 3.05) is 6.54 Å². The van der Waals surface area contributed by atoms with Crippen molar-refractivity contribution in [1.29, 1.82) is 0 Å². The lowest BCUT2D eigenvalue weighted by Crippen LogP contribution is -2.22. The molecule has 0 aliphatic heterocycles. The van der Waals surface area contributed by atoms with Crippen molar-refractivity contribution in [3.05, 3.63) is 28.8 Å². The van der Waals surface area contributed by atoms with Gasteiger partial charge in [-0.05, 0) is 41.0 Å². The van der Waals surface area contributed by atoms with Gasteiger partial charge in [-0.1, -0.05) is 73.8 Å². The first-order valence-corrected chi connectivity index (χ1v) is 9.15. The number of aromatic hydroxyl groups is 1. The van der Waals surface area contributed by atoms with Crippen LogP contribution in [-0.2, 0) is 17.4 Å². The van der Waals surface area contributed by atoms with Crippen LogP contribution in [0.25, 0.3) is 0 Å². The molecule has 0 aromatic heterocycles. The van der Waals surface area contributed by atoms with Crippen molar-refractivity contribution in [2.24, 2.45) is 0 Å². The number of rotatable bonds is 7. The Bertz CT molecular complexity index is 492. The molecule has 0 heterocycles. The zero-order valence-electron chi connectivity index (χ0n) is 16.3. The van der Waals surface area contributed by atoms with Gasteiger partial charge in [0.05, 0.1) is 0 Å². The number of benzene rings is 1. The summed E-state index contributed by atoms with van der Waals surface area (Å²) in [5, 5.41) is 14.1. The summed E-state index contributed by atoms with van der Waals surface area (Å²) in [4.78, 5) is 0. The van der Waals surface area contributed by atoms with Crippen LogP contribution < -0.4 is 5.32 Å². The molecule has 0 radical (unpaired) electrons. The Hall–Kier alpha value is -1.02. The van der Waals surface area contributed by atoms with Crippen molar-refractivity contribution in [3.8, 4) is 5.75 Å². The van der Waals surface area contributed by atoms with E-state index in [0.29, 0.717) is 5.75 Å². The maximum absolute atomic E-state index is 10.6. The molecule has 0 unspecified atom stereocenters. The van der Waals surface area contributed by atoms with E-state index in [4.69, 9.17) is 0 Å². The minimum Gasteiger partial charge on any atom is -0.508 e. The van der Waals surface area contributed by atoms with Gasteiger partial charge in [0.1, 0.15) is 5.75 Å². The molecule has 2 nitrogen and oxygen atoms in total. The summed E-state index contributed by atoms with van der Waals surface area (Å²) >= 11 is 0. The van der Waals surface area contributed by atoms with Crippen molar-refractivity contribution in [2.45, 2.75) is 91.5 Å². The third kappa shape index (κ3) is 6.18. The van der Waals surface area contributed by atoms with Gasteiger partial charge in [0.25, 0.3) is 0 Å². The smallest absolute Gasteiger partial charge is 0.120 e. The number of unbranched alkanes of at least 4 members (excludes halogenated alkanes) is 3. The van der Waals surface area contributed by atoms with Crippen LogP contribution in [-0.4, -0.2) is 11.7 Å². The molecule has 0 atom stereocenters. The molecule has 0 fully saturated rings. The number of hydrogen-bond donors (Lipinski definition) is 2. The molecule has 0 saturated heterocycles. The Morgan fingerprint density at radius 3 is 2.09 bits per heavy atom. The third-order valence-corrected chi connectivity index (χ3v) is 4.41. The second kappa shape index (κ2) is 8.19. The van der Waals surface area contributed by atoms with Crippen LogP contribution >= 0.6 is 0 Å². The third-order valence-electron chi connectivity index (χ3n) is 4.41. The number of nitrogens with one attached hydrogen (secondary N) is 1. The summed E-state index contributed by atoms with van der Waals surface area (Å²) in [7, 11) is 0. The van der Waals surface area contributed by atoms with E-state index in [2.05, 4.69) is 59.8 Å². The Kier molecular flexibility index (Phi) is 7.13. The van der Waals surface area contributed by atoms with Crippen LogP contribution in [0.1, 0.15) is 90.8 Å². The van der Waals surface area contributed by atoms with Gasteiger partial charge in [-0.25, -0.2) is 0 Å². The normalized spacial score (nSPS) is 12.7. The van der Waals surface area contributed by atoms with Crippen LogP contribution in [0.4, 0.5) is 0 Å². The highest BCUT2D eigenvalue weighted by Gasteiger charge is 2.24. The second-order valence-electron chi connectivity index (χ2n) is 8.76. The molecule has 0 bridgehead atoms. The monoisotopic (exact) mass is 319 g/mol. The van der Waals surface area contributed by atoms with E-state index in [-0.39, 0.29) is 10.8 Å². The molecular formula is C21H37NO. The summed E-state index contributed by atoms with van der Waals surface area (Å²) in [5.41, 5.74) is 3.58. The fraction of sp³-hybridized carbons (Fsp3) is 0.714. The Labute approximate surface area is 143 Å². The van der Waals surface area contributed by atoms with E-state index < -0.39 is 0 Å². The number of hydrogen-bond acceptors (Lipinski definition) is 2. The molecule has 0 amide bonds. The van der Waals surface area contributed by atoms with Crippen molar-refractivity contribution in [3.63, 3.8) is 0 Å². The van der Waals surface area contributed by atoms with E-state index in [0.717, 1.165) is 18.7 Å². The highest BCUT2D eigenvalue weighted by Crippen LogP contribution is 2.36. The first-order valence-electron chi connectivity index (χ1n) is 9.15. The highest BCUT2D eigenvalue weighted by atomic mass is 16.3. The second-order valence-corrected chi connectivity index (χ2v) is 8.76. The lowest BCUT2D eigenvalue weighted by molar-refractivity contribution is 0.451. The van der Waals surface area contributed by atoms with Gasteiger partial charge >= 0.3 is 0 Å². The largest absolute Gasteiger partial charge is 0.508 e. The molecule has 0 aliphatic carbocycles. The minimum atomic E-state index is 0.0258. The summed E-state index contributed by atoms with van der Waals surface area (Å²) in [6.45, 7) is 17.2. The minimum absolute atomic E-state index is 0.0258. The van der Waals surface area contributed by atoms with E-state index in [1.807, 2.05) is 6.07 Å². The quantitative estimate of drug-likeness (QED) is 0.636. The first kappa shape index (κ1) is 20.0. The fourth-order valence-corrected chi connectivity index (χ4v) is 2.83. The lowest BCUT2D eigenvalue weighted by Gasteiger charge is -2.28. The maximum Gasteiger partial charge on any atom is 0.120 e. The lowest BCUT2D eigenvalue weighted by atomic mass is 9.78. The molecule has 0 aliphatic rings. The van der Waals surface area contributed by atoms with Gasteiger partial charge in [0, 0.05) is 12.1 Å². The zero-order valence-corrected chi connectivity index (χ0v) is 16.3. The molecule has 0 saturated carbocycles. The van der Waals surface area contributed by atoms with Gasteiger partial charge in [-0.15, -0.1) is 0 Å². The van der Waals surface area contributed by atoms with E-state index in [1.165, 1.54) is 36.8 Å². The molecule has 1 aromatic carbocycles. The molecule has 0 spiro atoms. The van der Waals surface area contributed by atoms with Gasteiger partial charge in [0.15, 0.2) is 0 Å². The molecule has 1 rings (SSSR count). The van der Waals surface area contributed by atoms with Crippen LogP contribution in [0, 0.1) is 0 Å². The van der Waals surface area contributed by atoms with Crippen LogP contribution in [0.3, 0.4) is 0 Å². The standard InChI is InChI=1S/C21H37NO/c1-8-9-10-11-12-22-15-17-18(21(5,6)7)13-16(14-19(17)23)20(2,3)4/h13-14,22-23H,8-12,15H2,1-7H3. The maximum atomic E-state index is 10.6. The Morgan fingerprint density at radius 2 is 1.57 bits per heavy atom. The molecule has 1 aromatic rings. The van der Waals surface area contributed by atoms with Crippen molar-refractivity contribution in [1.82, 2.24) is 5.32 Å². The molecular weight excluding hydrogens is 282 g/mol. The summed E-state index contributed by atoms with van der Waals surface area (Å²) in [6, 6.07) is 4.23. The van der Waals surface area contributed by atoms with Crippen LogP contribution in [0.15, 0.2) is 12.1 Å². The van der Waals surface area contributed by atoms with E-state index >= 15 is 0 Å². The predicted molar refractivity (Wildman–Crippen MR) is 101 cm³/mol. The average Bonchev–Trinajstić information content (AvgIpc) is 2.41.